The number of amides is 1. The van der Waals surface area contributed by atoms with E-state index >= 15 is 0 Å². The highest BCUT2D eigenvalue weighted by Crippen LogP contribution is 2.39. The summed E-state index contributed by atoms with van der Waals surface area (Å²) in [5, 5.41) is 0. The first-order valence-corrected chi connectivity index (χ1v) is 9.49. The molecule has 27 heavy (non-hydrogen) atoms. The monoisotopic (exact) mass is 384 g/mol. The summed E-state index contributed by atoms with van der Waals surface area (Å²) in [6.45, 7) is 5.54. The van der Waals surface area contributed by atoms with Gasteiger partial charge in [-0.3, -0.25) is 9.69 Å². The van der Waals surface area contributed by atoms with E-state index in [0.717, 1.165) is 5.56 Å². The molecular weight excluding hydrogens is 357 g/mol. The molecule has 1 unspecified atom stereocenters. The number of hydrogen-bond donors (Lipinski definition) is 0. The summed E-state index contributed by atoms with van der Waals surface area (Å²) in [5.41, 5.74) is 0.956. The van der Waals surface area contributed by atoms with Gasteiger partial charge in [-0.05, 0) is 11.5 Å². The number of halogens is 3. The lowest BCUT2D eigenvalue weighted by Gasteiger charge is -2.37. The number of alkyl halides is 3. The molecule has 3 rings (SSSR count). The molecule has 1 amide bonds. The molecule has 3 atom stereocenters. The van der Waals surface area contributed by atoms with Crippen molar-refractivity contribution < 1.29 is 22.7 Å². The van der Waals surface area contributed by atoms with E-state index in [-0.39, 0.29) is 31.0 Å². The van der Waals surface area contributed by atoms with Crippen molar-refractivity contribution in [2.24, 2.45) is 17.8 Å². The second-order valence-electron chi connectivity index (χ2n) is 7.87. The number of benzene rings is 1. The van der Waals surface area contributed by atoms with Crippen LogP contribution in [0, 0.1) is 17.8 Å². The SMILES string of the molecule is CC(C)C1CN(C(=O)[C@@H]2CN(Cc3ccccc3)C[C@H]2C(F)(F)F)CCO1. The highest BCUT2D eigenvalue weighted by Gasteiger charge is 2.53. The molecule has 0 bridgehead atoms. The lowest BCUT2D eigenvalue weighted by Crippen LogP contribution is -2.51. The number of ether oxygens (including phenoxy) is 1. The zero-order chi connectivity index (χ0) is 19.6. The molecule has 1 aromatic carbocycles. The van der Waals surface area contributed by atoms with Crippen molar-refractivity contribution in [3.8, 4) is 0 Å². The minimum Gasteiger partial charge on any atom is -0.374 e. The van der Waals surface area contributed by atoms with Crippen molar-refractivity contribution >= 4 is 5.91 Å². The van der Waals surface area contributed by atoms with Crippen molar-refractivity contribution in [2.75, 3.05) is 32.8 Å². The third-order valence-corrected chi connectivity index (χ3v) is 5.53. The zero-order valence-corrected chi connectivity index (χ0v) is 15.8. The molecule has 4 nitrogen and oxygen atoms in total. The van der Waals surface area contributed by atoms with Crippen LogP contribution in [0.5, 0.6) is 0 Å². The van der Waals surface area contributed by atoms with E-state index in [1.54, 1.807) is 9.80 Å². The van der Waals surface area contributed by atoms with Crippen molar-refractivity contribution in [3.63, 3.8) is 0 Å². The van der Waals surface area contributed by atoms with Gasteiger partial charge in [0, 0.05) is 32.7 Å². The van der Waals surface area contributed by atoms with E-state index in [4.69, 9.17) is 4.74 Å². The fraction of sp³-hybridized carbons (Fsp3) is 0.650. The molecule has 1 aromatic rings. The molecule has 2 fully saturated rings. The minimum absolute atomic E-state index is 0.117. The molecule has 2 aliphatic heterocycles. The van der Waals surface area contributed by atoms with Gasteiger partial charge in [-0.25, -0.2) is 0 Å². The first-order chi connectivity index (χ1) is 12.8. The van der Waals surface area contributed by atoms with Crippen LogP contribution in [-0.2, 0) is 16.1 Å². The van der Waals surface area contributed by atoms with Crippen molar-refractivity contribution in [1.82, 2.24) is 9.80 Å². The Bertz CT molecular complexity index is 636. The minimum atomic E-state index is -4.38. The number of nitrogens with zero attached hydrogens (tertiary/aromatic N) is 2. The summed E-state index contributed by atoms with van der Waals surface area (Å²) >= 11 is 0. The molecule has 0 aliphatic carbocycles. The molecule has 7 heteroatoms. The Morgan fingerprint density at radius 3 is 2.52 bits per heavy atom. The van der Waals surface area contributed by atoms with Crippen LogP contribution in [0.3, 0.4) is 0 Å². The Morgan fingerprint density at radius 1 is 1.19 bits per heavy atom. The fourth-order valence-electron chi connectivity index (χ4n) is 3.95. The topological polar surface area (TPSA) is 32.8 Å². The van der Waals surface area contributed by atoms with Crippen LogP contribution in [0.25, 0.3) is 0 Å². The summed E-state index contributed by atoms with van der Waals surface area (Å²) in [5.74, 6) is -2.83. The Kier molecular flexibility index (Phi) is 6.11. The number of morpholine rings is 1. The zero-order valence-electron chi connectivity index (χ0n) is 15.8. The van der Waals surface area contributed by atoms with Gasteiger partial charge in [0.05, 0.1) is 24.5 Å². The molecule has 150 valence electrons. The molecule has 2 saturated heterocycles. The summed E-state index contributed by atoms with van der Waals surface area (Å²) in [6.07, 6.45) is -4.50. The van der Waals surface area contributed by atoms with Gasteiger partial charge in [-0.15, -0.1) is 0 Å². The van der Waals surface area contributed by atoms with E-state index in [1.165, 1.54) is 0 Å². The maximum atomic E-state index is 13.6. The highest BCUT2D eigenvalue weighted by molar-refractivity contribution is 5.80. The van der Waals surface area contributed by atoms with E-state index in [1.807, 2.05) is 44.2 Å². The predicted octanol–water partition coefficient (Wildman–Crippen LogP) is 3.18. The standard InChI is InChI=1S/C20H27F3N2O2/c1-14(2)18-13-25(8-9-27-18)19(26)16-11-24(12-17(16)20(21,22)23)10-15-6-4-3-5-7-15/h3-7,14,16-18H,8-13H2,1-2H3/t16-,17-,18?/m1/s1. The Labute approximate surface area is 158 Å². The van der Waals surface area contributed by atoms with Gasteiger partial charge in [0.15, 0.2) is 0 Å². The third-order valence-electron chi connectivity index (χ3n) is 5.53. The maximum Gasteiger partial charge on any atom is 0.393 e. The van der Waals surface area contributed by atoms with Gasteiger partial charge in [-0.1, -0.05) is 44.2 Å². The van der Waals surface area contributed by atoms with Gasteiger partial charge in [0.1, 0.15) is 0 Å². The van der Waals surface area contributed by atoms with Crippen molar-refractivity contribution in [2.45, 2.75) is 32.7 Å². The number of hydrogen-bond acceptors (Lipinski definition) is 3. The van der Waals surface area contributed by atoms with Crippen LogP contribution in [-0.4, -0.2) is 60.8 Å². The normalized spacial score (nSPS) is 27.3. The van der Waals surface area contributed by atoms with Gasteiger partial charge in [0.25, 0.3) is 0 Å². The van der Waals surface area contributed by atoms with Crippen molar-refractivity contribution in [1.29, 1.82) is 0 Å². The summed E-state index contributed by atoms with van der Waals surface area (Å²) in [7, 11) is 0. The Hall–Kier alpha value is -1.60. The van der Waals surface area contributed by atoms with Crippen LogP contribution in [0.1, 0.15) is 19.4 Å². The van der Waals surface area contributed by atoms with Gasteiger partial charge in [0.2, 0.25) is 5.91 Å². The second kappa shape index (κ2) is 8.19. The Balaban J connectivity index is 1.72. The van der Waals surface area contributed by atoms with Gasteiger partial charge < -0.3 is 9.64 Å². The van der Waals surface area contributed by atoms with E-state index in [2.05, 4.69) is 0 Å². The van der Waals surface area contributed by atoms with Crippen LogP contribution >= 0.6 is 0 Å². The number of rotatable bonds is 4. The molecule has 0 saturated carbocycles. The second-order valence-corrected chi connectivity index (χ2v) is 7.87. The van der Waals surface area contributed by atoms with E-state index in [0.29, 0.717) is 26.2 Å². The summed E-state index contributed by atoms with van der Waals surface area (Å²) in [4.78, 5) is 16.3. The molecule has 0 N–H and O–H groups in total. The van der Waals surface area contributed by atoms with Gasteiger partial charge >= 0.3 is 6.18 Å². The van der Waals surface area contributed by atoms with Crippen LogP contribution < -0.4 is 0 Å². The summed E-state index contributed by atoms with van der Waals surface area (Å²) in [6, 6.07) is 9.41. The molecule has 0 spiro atoms. The van der Waals surface area contributed by atoms with E-state index < -0.39 is 18.0 Å². The molecule has 2 heterocycles. The van der Waals surface area contributed by atoms with Crippen LogP contribution in [0.2, 0.25) is 0 Å². The molecule has 2 aliphatic rings. The summed E-state index contributed by atoms with van der Waals surface area (Å²) < 4.78 is 46.5. The number of carbonyl (C=O) groups excluding carboxylic acids is 1. The van der Waals surface area contributed by atoms with E-state index in [9.17, 15) is 18.0 Å². The van der Waals surface area contributed by atoms with Crippen LogP contribution in [0.15, 0.2) is 30.3 Å². The smallest absolute Gasteiger partial charge is 0.374 e. The molecule has 0 aromatic heterocycles. The third kappa shape index (κ3) is 4.82. The number of carbonyl (C=O) groups is 1. The van der Waals surface area contributed by atoms with Crippen LogP contribution in [0.4, 0.5) is 13.2 Å². The van der Waals surface area contributed by atoms with Crippen molar-refractivity contribution in [3.05, 3.63) is 35.9 Å². The highest BCUT2D eigenvalue weighted by atomic mass is 19.4. The lowest BCUT2D eigenvalue weighted by atomic mass is 9.93. The average Bonchev–Trinajstić information content (AvgIpc) is 3.06. The lowest BCUT2D eigenvalue weighted by molar-refractivity contribution is -0.187. The first-order valence-electron chi connectivity index (χ1n) is 9.49. The largest absolute Gasteiger partial charge is 0.393 e. The maximum absolute atomic E-state index is 13.6. The number of likely N-dealkylation sites (tertiary alicyclic amines) is 1. The van der Waals surface area contributed by atoms with Gasteiger partial charge in [-0.2, -0.15) is 13.2 Å². The fourth-order valence-corrected chi connectivity index (χ4v) is 3.95. The quantitative estimate of drug-likeness (QED) is 0.799. The average molecular weight is 384 g/mol. The predicted molar refractivity (Wildman–Crippen MR) is 95.9 cm³/mol. The molecule has 0 radical (unpaired) electrons. The Morgan fingerprint density at radius 2 is 1.89 bits per heavy atom. The molecular formula is C20H27F3N2O2. The first kappa shape index (κ1) is 20.1.